The smallest absolute Gasteiger partial charge is 0.337 e. The molecule has 0 spiro atoms. The molecule has 3 aromatic carbocycles. The Labute approximate surface area is 264 Å². The average Bonchev–Trinajstić information content (AvgIpc) is 3.50. The first kappa shape index (κ1) is 33.6. The van der Waals surface area contributed by atoms with Crippen LogP contribution < -0.4 is 18.9 Å². The lowest BCUT2D eigenvalue weighted by molar-refractivity contribution is -0.150. The van der Waals surface area contributed by atoms with Crippen molar-refractivity contribution < 1.29 is 47.9 Å². The first-order valence-corrected chi connectivity index (χ1v) is 15.2. The Morgan fingerprint density at radius 3 is 2.18 bits per heavy atom. The summed E-state index contributed by atoms with van der Waals surface area (Å²) in [5.41, 5.74) is 3.67. The van der Waals surface area contributed by atoms with Crippen molar-refractivity contribution in [3.63, 3.8) is 0 Å². The molecule has 0 saturated carbocycles. The van der Waals surface area contributed by atoms with Gasteiger partial charge in [-0.2, -0.15) is 0 Å². The fourth-order valence-corrected chi connectivity index (χ4v) is 5.28. The minimum atomic E-state index is -0.917. The van der Waals surface area contributed by atoms with Crippen molar-refractivity contribution in [3.05, 3.63) is 82.4 Å². The topological polar surface area (TPSA) is 119 Å². The van der Waals surface area contributed by atoms with E-state index in [4.69, 9.17) is 33.2 Å². The third-order valence-electron chi connectivity index (χ3n) is 7.47. The number of hydrogen-bond donors (Lipinski definition) is 1. The molecular weight excluding hydrogens is 580 g/mol. The molecule has 0 unspecified atom stereocenters. The van der Waals surface area contributed by atoms with E-state index in [1.807, 2.05) is 25.1 Å². The van der Waals surface area contributed by atoms with Crippen molar-refractivity contribution in [2.75, 3.05) is 40.6 Å². The van der Waals surface area contributed by atoms with Gasteiger partial charge in [-0.15, -0.1) is 0 Å². The van der Waals surface area contributed by atoms with Crippen LogP contribution in [0.15, 0.2) is 54.6 Å². The van der Waals surface area contributed by atoms with Crippen LogP contribution in [0, 0.1) is 0 Å². The molecule has 10 nitrogen and oxygen atoms in total. The standard InChI is InChI=1S/C35H42O10/c1-5-9-27-31(16-15-28(33(27)39-3)35(2)44-20-21-45-35)42-19-8-18-41-29-12-7-13-30(26(29)14-17-32(36)37)43-23-24-10-6-11-25(22-24)34(38)40-4/h6-7,10-13,15-16,22H,5,8-9,14,17-21,23H2,1-4H3,(H,36,37). The number of benzene rings is 3. The Morgan fingerprint density at radius 1 is 0.867 bits per heavy atom. The Hall–Kier alpha value is -4.28. The summed E-state index contributed by atoms with van der Waals surface area (Å²) in [6.07, 6.45) is 2.42. The van der Waals surface area contributed by atoms with Crippen LogP contribution >= 0.6 is 0 Å². The van der Waals surface area contributed by atoms with Crippen LogP contribution in [0.25, 0.3) is 0 Å². The molecule has 0 radical (unpaired) electrons. The lowest BCUT2D eigenvalue weighted by Crippen LogP contribution is -2.24. The minimum absolute atomic E-state index is 0.0785. The van der Waals surface area contributed by atoms with Gasteiger partial charge in [0.25, 0.3) is 0 Å². The molecule has 1 N–H and O–H groups in total. The Kier molecular flexibility index (Phi) is 12.1. The molecule has 4 rings (SSSR count). The van der Waals surface area contributed by atoms with E-state index in [0.29, 0.717) is 61.2 Å². The number of aliphatic carboxylic acids is 1. The van der Waals surface area contributed by atoms with Crippen molar-refractivity contribution in [2.45, 2.75) is 58.3 Å². The van der Waals surface area contributed by atoms with Gasteiger partial charge in [0, 0.05) is 24.0 Å². The molecular formula is C35H42O10. The lowest BCUT2D eigenvalue weighted by atomic mass is 9.98. The fourth-order valence-electron chi connectivity index (χ4n) is 5.28. The van der Waals surface area contributed by atoms with E-state index in [2.05, 4.69) is 6.92 Å². The highest BCUT2D eigenvalue weighted by Crippen LogP contribution is 2.42. The summed E-state index contributed by atoms with van der Waals surface area (Å²) in [4.78, 5) is 23.3. The molecule has 45 heavy (non-hydrogen) atoms. The van der Waals surface area contributed by atoms with Crippen LogP contribution in [0.2, 0.25) is 0 Å². The first-order valence-electron chi connectivity index (χ1n) is 15.2. The van der Waals surface area contributed by atoms with Crippen LogP contribution in [0.1, 0.15) is 65.7 Å². The van der Waals surface area contributed by atoms with E-state index in [1.54, 1.807) is 43.5 Å². The zero-order valence-corrected chi connectivity index (χ0v) is 26.4. The number of rotatable bonds is 17. The van der Waals surface area contributed by atoms with E-state index in [9.17, 15) is 14.7 Å². The van der Waals surface area contributed by atoms with Crippen molar-refractivity contribution in [2.24, 2.45) is 0 Å². The van der Waals surface area contributed by atoms with Gasteiger partial charge in [-0.1, -0.05) is 31.5 Å². The van der Waals surface area contributed by atoms with Crippen molar-refractivity contribution in [1.29, 1.82) is 0 Å². The second kappa shape index (κ2) is 16.2. The zero-order valence-electron chi connectivity index (χ0n) is 26.4. The summed E-state index contributed by atoms with van der Waals surface area (Å²) in [7, 11) is 2.98. The summed E-state index contributed by atoms with van der Waals surface area (Å²) in [6, 6.07) is 16.2. The molecule has 0 bridgehead atoms. The highest BCUT2D eigenvalue weighted by molar-refractivity contribution is 5.89. The summed E-state index contributed by atoms with van der Waals surface area (Å²) in [6.45, 7) is 6.00. The van der Waals surface area contributed by atoms with E-state index >= 15 is 0 Å². The Bertz CT molecular complexity index is 1440. The van der Waals surface area contributed by atoms with Crippen LogP contribution in [0.4, 0.5) is 0 Å². The van der Waals surface area contributed by atoms with Gasteiger partial charge in [0.15, 0.2) is 5.79 Å². The molecule has 1 aliphatic rings. The average molecular weight is 623 g/mol. The third kappa shape index (κ3) is 8.67. The van der Waals surface area contributed by atoms with Gasteiger partial charge in [0.1, 0.15) is 29.6 Å². The molecule has 10 heteroatoms. The van der Waals surface area contributed by atoms with E-state index in [0.717, 1.165) is 35.3 Å². The predicted molar refractivity (Wildman–Crippen MR) is 166 cm³/mol. The van der Waals surface area contributed by atoms with Crippen molar-refractivity contribution in [3.8, 4) is 23.0 Å². The number of methoxy groups -OCH3 is 2. The van der Waals surface area contributed by atoms with Crippen LogP contribution in [0.5, 0.6) is 23.0 Å². The van der Waals surface area contributed by atoms with E-state index in [1.165, 1.54) is 7.11 Å². The number of carboxylic acids is 1. The fraction of sp³-hybridized carbons (Fsp3) is 0.429. The Balaban J connectivity index is 1.41. The molecule has 0 atom stereocenters. The molecule has 0 aromatic heterocycles. The maximum absolute atomic E-state index is 11.9. The Morgan fingerprint density at radius 2 is 1.53 bits per heavy atom. The summed E-state index contributed by atoms with van der Waals surface area (Å²) >= 11 is 0. The van der Waals surface area contributed by atoms with E-state index in [-0.39, 0.29) is 19.4 Å². The molecule has 1 heterocycles. The molecule has 0 aliphatic carbocycles. The second-order valence-corrected chi connectivity index (χ2v) is 10.7. The number of carbonyl (C=O) groups excluding carboxylic acids is 1. The summed E-state index contributed by atoms with van der Waals surface area (Å²) in [5, 5.41) is 9.35. The molecule has 1 aliphatic heterocycles. The third-order valence-corrected chi connectivity index (χ3v) is 7.47. The van der Waals surface area contributed by atoms with Gasteiger partial charge in [-0.3, -0.25) is 4.79 Å². The van der Waals surface area contributed by atoms with Crippen LogP contribution in [0.3, 0.4) is 0 Å². The highest BCUT2D eigenvalue weighted by Gasteiger charge is 2.37. The number of carbonyl (C=O) groups is 2. The molecule has 1 fully saturated rings. The largest absolute Gasteiger partial charge is 0.496 e. The molecule has 242 valence electrons. The molecule has 1 saturated heterocycles. The van der Waals surface area contributed by atoms with Crippen LogP contribution in [-0.4, -0.2) is 57.7 Å². The number of carboxylic acid groups (broad SMARTS) is 1. The van der Waals surface area contributed by atoms with Gasteiger partial charge in [-0.05, 0) is 61.7 Å². The van der Waals surface area contributed by atoms with Crippen LogP contribution in [-0.2, 0) is 44.2 Å². The van der Waals surface area contributed by atoms with Gasteiger partial charge in [-0.25, -0.2) is 4.79 Å². The van der Waals surface area contributed by atoms with Crippen molar-refractivity contribution in [1.82, 2.24) is 0 Å². The molecule has 3 aromatic rings. The lowest BCUT2D eigenvalue weighted by Gasteiger charge is -2.27. The minimum Gasteiger partial charge on any atom is -0.496 e. The zero-order chi connectivity index (χ0) is 32.2. The first-order chi connectivity index (χ1) is 21.8. The highest BCUT2D eigenvalue weighted by atomic mass is 16.7. The maximum atomic E-state index is 11.9. The van der Waals surface area contributed by atoms with Crippen molar-refractivity contribution >= 4 is 11.9 Å². The van der Waals surface area contributed by atoms with Gasteiger partial charge >= 0.3 is 11.9 Å². The second-order valence-electron chi connectivity index (χ2n) is 10.7. The number of esters is 1. The molecule has 0 amide bonds. The summed E-state index contributed by atoms with van der Waals surface area (Å²) < 4.78 is 40.8. The quantitative estimate of drug-likeness (QED) is 0.140. The monoisotopic (exact) mass is 622 g/mol. The van der Waals surface area contributed by atoms with Gasteiger partial charge < -0.3 is 38.3 Å². The predicted octanol–water partition coefficient (Wildman–Crippen LogP) is 6.10. The SMILES string of the molecule is CCCc1c(OCCCOc2cccc(OCc3cccc(C(=O)OC)c3)c2CCC(=O)O)ccc(C2(C)OCCO2)c1OC. The maximum Gasteiger partial charge on any atom is 0.337 e. The summed E-state index contributed by atoms with van der Waals surface area (Å²) in [5.74, 6) is 0.329. The van der Waals surface area contributed by atoms with Gasteiger partial charge in [0.05, 0.1) is 51.8 Å². The van der Waals surface area contributed by atoms with E-state index < -0.39 is 17.7 Å². The normalized spacial score (nSPS) is 13.7. The van der Waals surface area contributed by atoms with Gasteiger partial charge in [0.2, 0.25) is 0 Å². The number of hydrogen-bond acceptors (Lipinski definition) is 9. The number of ether oxygens (including phenoxy) is 7.